The molecule has 7 N–H and O–H groups in total. The van der Waals surface area contributed by atoms with Gasteiger partial charge in [-0.05, 0) is 38.5 Å². The van der Waals surface area contributed by atoms with Crippen LogP contribution in [0.4, 0.5) is 0 Å². The molecule has 2 fully saturated rings. The van der Waals surface area contributed by atoms with Crippen molar-refractivity contribution in [3.8, 4) is 0 Å². The van der Waals surface area contributed by atoms with Crippen LogP contribution in [0.25, 0.3) is 0 Å². The predicted octanol–water partition coefficient (Wildman–Crippen LogP) is -1.72. The van der Waals surface area contributed by atoms with Gasteiger partial charge < -0.3 is 54.7 Å². The molecule has 3 aliphatic rings. The minimum Gasteiger partial charge on any atom is -0.388 e. The Bertz CT molecular complexity index is 874. The number of aliphatic hydroxyl groups excluding tert-OH is 6. The maximum Gasteiger partial charge on any atom is 0.187 e. The molecule has 0 aromatic heterocycles. The molecule has 212 valence electrons. The molecule has 0 radical (unpaired) electrons. The molecule has 1 aliphatic carbocycles. The molecule has 12 nitrogen and oxygen atoms in total. The van der Waals surface area contributed by atoms with Crippen molar-refractivity contribution in [3.05, 3.63) is 23.8 Å². The normalized spacial score (nSPS) is 45.6. The molecule has 0 aromatic rings. The fourth-order valence-electron chi connectivity index (χ4n) is 4.90. The van der Waals surface area contributed by atoms with Gasteiger partial charge in [0.05, 0.1) is 18.8 Å². The molecule has 2 heterocycles. The molecule has 12 atom stereocenters. The zero-order valence-corrected chi connectivity index (χ0v) is 21.7. The molecule has 0 unspecified atom stereocenters. The summed E-state index contributed by atoms with van der Waals surface area (Å²) in [7, 11) is 0. The van der Waals surface area contributed by atoms with Crippen LogP contribution in [0.1, 0.15) is 41.0 Å². The molecule has 0 spiro atoms. The standard InChI is InChI=1S/C25H40O12/c1-11-8-14(26)9-24(4,5)25(11,33)7-6-12(2)35-23-21(32)19(30)17(28)15(37-23)10-34-22-20(31)18(29)16(27)13(3)36-22/h6-8,12-13,15-23,27-33H,9-10H2,1-5H3/b7-6+/t12-,13-,15+,16-,17+,18+,19-,20+,21+,22+,23+,25+/m0/s1. The van der Waals surface area contributed by atoms with Gasteiger partial charge in [-0.15, -0.1) is 0 Å². The second-order valence-corrected chi connectivity index (χ2v) is 10.9. The molecule has 2 saturated heterocycles. The summed E-state index contributed by atoms with van der Waals surface area (Å²) in [5.74, 6) is -0.0734. The largest absolute Gasteiger partial charge is 0.388 e. The van der Waals surface area contributed by atoms with Crippen molar-refractivity contribution in [3.63, 3.8) is 0 Å². The Balaban J connectivity index is 1.65. The smallest absolute Gasteiger partial charge is 0.187 e. The van der Waals surface area contributed by atoms with Crippen molar-refractivity contribution in [1.29, 1.82) is 0 Å². The van der Waals surface area contributed by atoms with Gasteiger partial charge in [-0.25, -0.2) is 0 Å². The van der Waals surface area contributed by atoms with Gasteiger partial charge in [-0.1, -0.05) is 19.9 Å². The number of hydrogen-bond donors (Lipinski definition) is 7. The van der Waals surface area contributed by atoms with E-state index in [1.807, 2.05) is 0 Å². The van der Waals surface area contributed by atoms with E-state index in [9.17, 15) is 40.5 Å². The summed E-state index contributed by atoms with van der Waals surface area (Å²) in [5, 5.41) is 72.3. The average Bonchev–Trinajstić information content (AvgIpc) is 2.82. The maximum atomic E-state index is 11.9. The molecule has 3 rings (SSSR count). The fraction of sp³-hybridized carbons (Fsp3) is 0.800. The van der Waals surface area contributed by atoms with Gasteiger partial charge in [-0.2, -0.15) is 0 Å². The summed E-state index contributed by atoms with van der Waals surface area (Å²) >= 11 is 0. The van der Waals surface area contributed by atoms with Gasteiger partial charge in [0, 0.05) is 11.8 Å². The van der Waals surface area contributed by atoms with E-state index in [2.05, 4.69) is 0 Å². The summed E-state index contributed by atoms with van der Waals surface area (Å²) in [5.41, 5.74) is -1.69. The SMILES string of the molecule is CC1=CC(=O)CC(C)(C)[C@@]1(O)/C=C/[C@H](C)O[C@@H]1O[C@H](CO[C@@H]2O[C@@H](C)[C@H](O)[C@@H](O)[C@H]2O)[C@@H](O)[C@H](O)[C@H]1O. The number of allylic oxidation sites excluding steroid dienone is 1. The molecular weight excluding hydrogens is 492 g/mol. The van der Waals surface area contributed by atoms with Crippen molar-refractivity contribution >= 4 is 5.78 Å². The number of carbonyl (C=O) groups excluding carboxylic acids is 1. The Morgan fingerprint density at radius 3 is 2.22 bits per heavy atom. The number of ketones is 1. The van der Waals surface area contributed by atoms with Gasteiger partial charge in [-0.3, -0.25) is 4.79 Å². The van der Waals surface area contributed by atoms with Gasteiger partial charge in [0.25, 0.3) is 0 Å². The fourth-order valence-corrected chi connectivity index (χ4v) is 4.90. The van der Waals surface area contributed by atoms with E-state index in [0.29, 0.717) is 5.57 Å². The molecule has 37 heavy (non-hydrogen) atoms. The molecule has 0 saturated carbocycles. The lowest BCUT2D eigenvalue weighted by molar-refractivity contribution is -0.330. The monoisotopic (exact) mass is 532 g/mol. The van der Waals surface area contributed by atoms with E-state index < -0.39 is 85.1 Å². The molecular formula is C25H40O12. The second kappa shape index (κ2) is 11.4. The first-order chi connectivity index (χ1) is 17.1. The highest BCUT2D eigenvalue weighted by atomic mass is 16.7. The van der Waals surface area contributed by atoms with Gasteiger partial charge in [0.2, 0.25) is 0 Å². The van der Waals surface area contributed by atoms with Gasteiger partial charge in [0.1, 0.15) is 48.3 Å². The highest BCUT2D eigenvalue weighted by Gasteiger charge is 2.48. The third-order valence-corrected chi connectivity index (χ3v) is 7.49. The minimum atomic E-state index is -1.65. The summed E-state index contributed by atoms with van der Waals surface area (Å²) in [6.07, 6.45) is -10.1. The van der Waals surface area contributed by atoms with Crippen molar-refractivity contribution in [1.82, 2.24) is 0 Å². The summed E-state index contributed by atoms with van der Waals surface area (Å²) in [6, 6.07) is 0. The van der Waals surface area contributed by atoms with Crippen LogP contribution in [0, 0.1) is 5.41 Å². The van der Waals surface area contributed by atoms with E-state index in [4.69, 9.17) is 18.9 Å². The molecule has 2 aliphatic heterocycles. The predicted molar refractivity (Wildman–Crippen MR) is 127 cm³/mol. The van der Waals surface area contributed by atoms with Crippen LogP contribution in [-0.4, -0.2) is 121 Å². The van der Waals surface area contributed by atoms with E-state index >= 15 is 0 Å². The van der Waals surface area contributed by atoms with E-state index in [0.717, 1.165) is 0 Å². The Kier molecular flexibility index (Phi) is 9.36. The first-order valence-corrected chi connectivity index (χ1v) is 12.4. The second-order valence-electron chi connectivity index (χ2n) is 10.9. The average molecular weight is 533 g/mol. The molecule has 0 amide bonds. The van der Waals surface area contributed by atoms with Crippen LogP contribution >= 0.6 is 0 Å². The zero-order chi connectivity index (χ0) is 27.9. The summed E-state index contributed by atoms with van der Waals surface area (Å²) < 4.78 is 22.2. The van der Waals surface area contributed by atoms with Crippen LogP contribution in [-0.2, 0) is 23.7 Å². The van der Waals surface area contributed by atoms with Crippen molar-refractivity contribution in [2.45, 2.75) is 114 Å². The van der Waals surface area contributed by atoms with Crippen molar-refractivity contribution < 1.29 is 59.5 Å². The Hall–Kier alpha value is -1.29. The maximum absolute atomic E-state index is 11.9. The zero-order valence-electron chi connectivity index (χ0n) is 21.7. The lowest BCUT2D eigenvalue weighted by atomic mass is 9.64. The quantitative estimate of drug-likeness (QED) is 0.183. The Morgan fingerprint density at radius 2 is 1.59 bits per heavy atom. The topological polar surface area (TPSA) is 196 Å². The van der Waals surface area contributed by atoms with Crippen LogP contribution < -0.4 is 0 Å². The number of rotatable bonds is 7. The van der Waals surface area contributed by atoms with Crippen LogP contribution in [0.5, 0.6) is 0 Å². The third kappa shape index (κ3) is 6.15. The van der Waals surface area contributed by atoms with Crippen LogP contribution in [0.3, 0.4) is 0 Å². The summed E-state index contributed by atoms with van der Waals surface area (Å²) in [4.78, 5) is 11.9. The third-order valence-electron chi connectivity index (χ3n) is 7.49. The van der Waals surface area contributed by atoms with Crippen molar-refractivity contribution in [2.75, 3.05) is 6.61 Å². The first-order valence-electron chi connectivity index (χ1n) is 12.4. The van der Waals surface area contributed by atoms with Gasteiger partial charge in [0.15, 0.2) is 18.4 Å². The van der Waals surface area contributed by atoms with E-state index in [1.165, 1.54) is 19.1 Å². The molecule has 12 heteroatoms. The number of carbonyl (C=O) groups is 1. The molecule has 0 bridgehead atoms. The van der Waals surface area contributed by atoms with Crippen molar-refractivity contribution in [2.24, 2.45) is 5.41 Å². The number of aliphatic hydroxyl groups is 7. The minimum absolute atomic E-state index is 0.0734. The lowest BCUT2D eigenvalue weighted by Gasteiger charge is -2.44. The van der Waals surface area contributed by atoms with Crippen LogP contribution in [0.2, 0.25) is 0 Å². The highest BCUT2D eigenvalue weighted by molar-refractivity contribution is 5.92. The highest BCUT2D eigenvalue weighted by Crippen LogP contribution is 2.44. The van der Waals surface area contributed by atoms with Crippen LogP contribution in [0.15, 0.2) is 23.8 Å². The number of hydrogen-bond acceptors (Lipinski definition) is 12. The first kappa shape index (κ1) is 30.3. The Labute approximate surface area is 215 Å². The van der Waals surface area contributed by atoms with Gasteiger partial charge >= 0.3 is 0 Å². The number of ether oxygens (including phenoxy) is 4. The summed E-state index contributed by atoms with van der Waals surface area (Å²) in [6.45, 7) is 7.93. The van der Waals surface area contributed by atoms with E-state index in [1.54, 1.807) is 33.8 Å². The lowest BCUT2D eigenvalue weighted by Crippen LogP contribution is -2.61. The van der Waals surface area contributed by atoms with E-state index in [-0.39, 0.29) is 12.2 Å². The Morgan fingerprint density at radius 1 is 1.00 bits per heavy atom. The molecule has 0 aromatic carbocycles.